The molecule has 0 aliphatic carbocycles. The minimum Gasteiger partial charge on any atom is -0.342 e. The van der Waals surface area contributed by atoms with Crippen LogP contribution in [0.3, 0.4) is 0 Å². The van der Waals surface area contributed by atoms with Crippen molar-refractivity contribution in [2.24, 2.45) is 0 Å². The highest BCUT2D eigenvalue weighted by molar-refractivity contribution is 5.82. The van der Waals surface area contributed by atoms with Crippen LogP contribution in [0.4, 0.5) is 0 Å². The second-order valence-electron chi connectivity index (χ2n) is 5.11. The molecule has 0 aliphatic heterocycles. The monoisotopic (exact) mass is 285 g/mol. The van der Waals surface area contributed by atoms with E-state index >= 15 is 0 Å². The number of aromatic nitrogens is 1. The molecule has 21 heavy (non-hydrogen) atoms. The number of rotatable bonds is 6. The highest BCUT2D eigenvalue weighted by Crippen LogP contribution is 2.15. The molecule has 4 heteroatoms. The number of fused-ring (bicyclic) bond motifs is 1. The van der Waals surface area contributed by atoms with Crippen LogP contribution in [0.2, 0.25) is 0 Å². The Labute approximate surface area is 126 Å². The Morgan fingerprint density at radius 1 is 1.24 bits per heavy atom. The van der Waals surface area contributed by atoms with Crippen molar-refractivity contribution in [2.45, 2.75) is 33.4 Å². The third-order valence-electron chi connectivity index (χ3n) is 3.76. The minimum absolute atomic E-state index is 0.146. The van der Waals surface area contributed by atoms with E-state index in [1.165, 1.54) is 0 Å². The first-order valence-electron chi connectivity index (χ1n) is 7.52. The van der Waals surface area contributed by atoms with Crippen molar-refractivity contribution >= 4 is 16.8 Å². The smallest absolute Gasteiger partial charge is 0.239 e. The van der Waals surface area contributed by atoms with Gasteiger partial charge >= 0.3 is 0 Å². The Bertz CT molecular complexity index is 603. The van der Waals surface area contributed by atoms with Gasteiger partial charge in [-0.15, -0.1) is 0 Å². The summed E-state index contributed by atoms with van der Waals surface area (Å²) in [4.78, 5) is 18.5. The van der Waals surface area contributed by atoms with Crippen LogP contribution in [-0.2, 0) is 11.3 Å². The molecule has 0 bridgehead atoms. The van der Waals surface area contributed by atoms with E-state index in [1.807, 2.05) is 37.8 Å². The molecule has 1 amide bonds. The van der Waals surface area contributed by atoms with Gasteiger partial charge in [0.05, 0.1) is 11.6 Å². The van der Waals surface area contributed by atoms with Crippen molar-refractivity contribution in [1.29, 1.82) is 0 Å². The normalized spacial score (nSPS) is 12.3. The van der Waals surface area contributed by atoms with Crippen molar-refractivity contribution in [2.75, 3.05) is 13.1 Å². The van der Waals surface area contributed by atoms with Crippen molar-refractivity contribution < 1.29 is 4.79 Å². The molecule has 0 fully saturated rings. The molecule has 0 spiro atoms. The molecule has 0 radical (unpaired) electrons. The van der Waals surface area contributed by atoms with Crippen LogP contribution in [0.15, 0.2) is 36.5 Å². The number of nitrogens with one attached hydrogen (secondary N) is 1. The molecule has 1 aromatic carbocycles. The largest absolute Gasteiger partial charge is 0.342 e. The molecule has 2 rings (SSSR count). The summed E-state index contributed by atoms with van der Waals surface area (Å²) in [5, 5.41) is 4.43. The van der Waals surface area contributed by atoms with Gasteiger partial charge in [-0.25, -0.2) is 0 Å². The van der Waals surface area contributed by atoms with Crippen LogP contribution >= 0.6 is 0 Å². The summed E-state index contributed by atoms with van der Waals surface area (Å²) in [6.45, 7) is 8.06. The topological polar surface area (TPSA) is 45.2 Å². The second kappa shape index (κ2) is 7.18. The predicted octanol–water partition coefficient (Wildman–Crippen LogP) is 2.58. The van der Waals surface area contributed by atoms with Crippen molar-refractivity contribution in [3.63, 3.8) is 0 Å². The van der Waals surface area contributed by atoms with Crippen LogP contribution < -0.4 is 5.32 Å². The van der Waals surface area contributed by atoms with Gasteiger partial charge in [0.15, 0.2) is 0 Å². The van der Waals surface area contributed by atoms with Gasteiger partial charge in [0.25, 0.3) is 0 Å². The predicted molar refractivity (Wildman–Crippen MR) is 86.0 cm³/mol. The van der Waals surface area contributed by atoms with E-state index in [4.69, 9.17) is 0 Å². The summed E-state index contributed by atoms with van der Waals surface area (Å²) in [5.41, 5.74) is 2.11. The maximum absolute atomic E-state index is 12.2. The van der Waals surface area contributed by atoms with E-state index < -0.39 is 0 Å². The van der Waals surface area contributed by atoms with Crippen LogP contribution in [-0.4, -0.2) is 34.9 Å². The molecule has 1 atom stereocenters. The first-order chi connectivity index (χ1) is 10.2. The van der Waals surface area contributed by atoms with E-state index in [-0.39, 0.29) is 11.9 Å². The molecule has 2 aromatic rings. The van der Waals surface area contributed by atoms with Gasteiger partial charge in [-0.05, 0) is 32.4 Å². The zero-order valence-electron chi connectivity index (χ0n) is 13.0. The van der Waals surface area contributed by atoms with E-state index in [0.29, 0.717) is 6.54 Å². The van der Waals surface area contributed by atoms with Gasteiger partial charge in [0, 0.05) is 31.2 Å². The Balaban J connectivity index is 2.06. The number of benzene rings is 1. The number of amides is 1. The molecule has 1 heterocycles. The number of pyridine rings is 1. The molecular weight excluding hydrogens is 262 g/mol. The second-order valence-corrected chi connectivity index (χ2v) is 5.11. The molecule has 0 saturated carbocycles. The van der Waals surface area contributed by atoms with Crippen LogP contribution in [0, 0.1) is 0 Å². The van der Waals surface area contributed by atoms with E-state index in [0.717, 1.165) is 29.6 Å². The lowest BCUT2D eigenvalue weighted by molar-refractivity contribution is -0.132. The van der Waals surface area contributed by atoms with Crippen LogP contribution in [0.25, 0.3) is 10.9 Å². The lowest BCUT2D eigenvalue weighted by Crippen LogP contribution is -2.44. The number of likely N-dealkylation sites (N-methyl/N-ethyl adjacent to an activating group) is 1. The average molecular weight is 285 g/mol. The number of hydrogen-bond acceptors (Lipinski definition) is 3. The van der Waals surface area contributed by atoms with Crippen molar-refractivity contribution in [3.8, 4) is 0 Å². The molecule has 1 N–H and O–H groups in total. The maximum Gasteiger partial charge on any atom is 0.239 e. The van der Waals surface area contributed by atoms with Crippen molar-refractivity contribution in [1.82, 2.24) is 15.2 Å². The molecule has 4 nitrogen and oxygen atoms in total. The van der Waals surface area contributed by atoms with Gasteiger partial charge in [0.1, 0.15) is 0 Å². The highest BCUT2D eigenvalue weighted by atomic mass is 16.2. The molecule has 1 aromatic heterocycles. The SMILES string of the molecule is CCN(CC)C(=O)C(C)NCc1cccc2cccnc12. The van der Waals surface area contributed by atoms with Crippen molar-refractivity contribution in [3.05, 3.63) is 42.1 Å². The van der Waals surface area contributed by atoms with Crippen LogP contribution in [0.1, 0.15) is 26.3 Å². The van der Waals surface area contributed by atoms with Gasteiger partial charge in [-0.2, -0.15) is 0 Å². The van der Waals surface area contributed by atoms with Crippen LogP contribution in [0.5, 0.6) is 0 Å². The first-order valence-corrected chi connectivity index (χ1v) is 7.52. The Morgan fingerprint density at radius 3 is 2.67 bits per heavy atom. The summed E-state index contributed by atoms with van der Waals surface area (Å²) >= 11 is 0. The number of carbonyl (C=O) groups is 1. The molecule has 0 saturated heterocycles. The molecule has 1 unspecified atom stereocenters. The maximum atomic E-state index is 12.2. The molecular formula is C17H23N3O. The summed E-state index contributed by atoms with van der Waals surface area (Å²) in [6.07, 6.45) is 1.80. The van der Waals surface area contributed by atoms with Gasteiger partial charge < -0.3 is 10.2 Å². The first kappa shape index (κ1) is 15.4. The van der Waals surface area contributed by atoms with Gasteiger partial charge in [-0.3, -0.25) is 9.78 Å². The van der Waals surface area contributed by atoms with E-state index in [9.17, 15) is 4.79 Å². The number of carbonyl (C=O) groups excluding carboxylic acids is 1. The Morgan fingerprint density at radius 2 is 1.95 bits per heavy atom. The number of hydrogen-bond donors (Lipinski definition) is 1. The Kier molecular flexibility index (Phi) is 5.28. The van der Waals surface area contributed by atoms with Gasteiger partial charge in [0.2, 0.25) is 5.91 Å². The third-order valence-corrected chi connectivity index (χ3v) is 3.76. The fraction of sp³-hybridized carbons (Fsp3) is 0.412. The molecule has 0 aliphatic rings. The lowest BCUT2D eigenvalue weighted by atomic mass is 10.1. The fourth-order valence-corrected chi connectivity index (χ4v) is 2.47. The quantitative estimate of drug-likeness (QED) is 0.887. The summed E-state index contributed by atoms with van der Waals surface area (Å²) in [6, 6.07) is 9.93. The molecule has 112 valence electrons. The zero-order valence-corrected chi connectivity index (χ0v) is 13.0. The fourth-order valence-electron chi connectivity index (χ4n) is 2.47. The zero-order chi connectivity index (χ0) is 15.2. The average Bonchev–Trinajstić information content (AvgIpc) is 2.53. The number of nitrogens with zero attached hydrogens (tertiary/aromatic N) is 2. The number of para-hydroxylation sites is 1. The summed E-state index contributed by atoms with van der Waals surface area (Å²) in [5.74, 6) is 0.146. The van der Waals surface area contributed by atoms with E-state index in [2.05, 4.69) is 28.5 Å². The highest BCUT2D eigenvalue weighted by Gasteiger charge is 2.17. The Hall–Kier alpha value is -1.94. The summed E-state index contributed by atoms with van der Waals surface area (Å²) in [7, 11) is 0. The lowest BCUT2D eigenvalue weighted by Gasteiger charge is -2.23. The minimum atomic E-state index is -0.191. The van der Waals surface area contributed by atoms with E-state index in [1.54, 1.807) is 6.20 Å². The summed E-state index contributed by atoms with van der Waals surface area (Å²) < 4.78 is 0. The third kappa shape index (κ3) is 3.58. The van der Waals surface area contributed by atoms with Gasteiger partial charge in [-0.1, -0.05) is 24.3 Å². The standard InChI is InChI=1S/C17H23N3O/c1-4-20(5-2)17(21)13(3)19-12-15-9-6-8-14-10-7-11-18-16(14)15/h6-11,13,19H,4-5,12H2,1-3H3.